The molecule has 0 spiro atoms. The van der Waals surface area contributed by atoms with Crippen molar-refractivity contribution >= 4 is 23.2 Å². The number of hydrogen-bond donors (Lipinski definition) is 3. The van der Waals surface area contributed by atoms with Gasteiger partial charge in [0.25, 0.3) is 5.91 Å². The van der Waals surface area contributed by atoms with E-state index >= 15 is 0 Å². The van der Waals surface area contributed by atoms with Crippen LogP contribution >= 0.6 is 0 Å². The Morgan fingerprint density at radius 3 is 3.00 bits per heavy atom. The van der Waals surface area contributed by atoms with E-state index in [9.17, 15) is 4.79 Å². The van der Waals surface area contributed by atoms with Crippen molar-refractivity contribution < 1.29 is 14.6 Å². The molecule has 0 saturated heterocycles. The monoisotopic (exact) mass is 322 g/mol. The number of nitrogens with one attached hydrogen (secondary N) is 2. The van der Waals surface area contributed by atoms with Crippen LogP contribution in [0.4, 0.5) is 5.69 Å². The Hall–Kier alpha value is -2.97. The molecule has 3 rings (SSSR count). The molecule has 2 aromatic rings. The number of aromatic amines is 1. The number of hydrogen-bond acceptors (Lipinski definition) is 3. The first-order chi connectivity index (χ1) is 11.7. The van der Waals surface area contributed by atoms with E-state index in [0.717, 1.165) is 22.5 Å². The maximum absolute atomic E-state index is 12.4. The molecule has 1 aliphatic heterocycles. The number of amides is 1. The second-order valence-corrected chi connectivity index (χ2v) is 5.33. The molecule has 122 valence electrons. The van der Waals surface area contributed by atoms with Gasteiger partial charge in [-0.1, -0.05) is 17.9 Å². The first-order valence-electron chi connectivity index (χ1n) is 7.72. The number of fused-ring (bicyclic) bond motifs is 1. The van der Waals surface area contributed by atoms with Crippen LogP contribution in [0.1, 0.15) is 29.7 Å². The summed E-state index contributed by atoms with van der Waals surface area (Å²) in [6.07, 6.45) is 4.80. The standard InChI is InChI=1S/C19H18N2O3/c1-24-17-9-10-20-16(17)12-14-18-13(6-3-2-4-11-22)7-5-8-15(18)21-19(14)23/h5,7-10,12,20,22H,2,4,11H2,1H3,(H,21,23). The molecule has 0 saturated carbocycles. The van der Waals surface area contributed by atoms with Crippen molar-refractivity contribution in [3.63, 3.8) is 0 Å². The number of H-pyrrole nitrogens is 1. The van der Waals surface area contributed by atoms with Gasteiger partial charge in [0.2, 0.25) is 0 Å². The van der Waals surface area contributed by atoms with Gasteiger partial charge in [0, 0.05) is 30.4 Å². The van der Waals surface area contributed by atoms with Crippen LogP contribution in [-0.4, -0.2) is 29.7 Å². The highest BCUT2D eigenvalue weighted by Gasteiger charge is 2.26. The van der Waals surface area contributed by atoms with Crippen LogP contribution in [0, 0.1) is 11.8 Å². The van der Waals surface area contributed by atoms with Crippen LogP contribution in [0.25, 0.3) is 11.6 Å². The zero-order valence-corrected chi connectivity index (χ0v) is 13.3. The maximum atomic E-state index is 12.4. The van der Waals surface area contributed by atoms with Crippen molar-refractivity contribution in [3.05, 3.63) is 47.3 Å². The van der Waals surface area contributed by atoms with Crippen LogP contribution in [0.2, 0.25) is 0 Å². The van der Waals surface area contributed by atoms with Gasteiger partial charge >= 0.3 is 0 Å². The lowest BCUT2D eigenvalue weighted by Gasteiger charge is -2.03. The lowest BCUT2D eigenvalue weighted by Crippen LogP contribution is -2.03. The molecule has 0 radical (unpaired) electrons. The minimum Gasteiger partial charge on any atom is -0.495 e. The van der Waals surface area contributed by atoms with E-state index < -0.39 is 0 Å². The summed E-state index contributed by atoms with van der Waals surface area (Å²) in [5.74, 6) is 6.66. The molecule has 1 aliphatic rings. The van der Waals surface area contributed by atoms with E-state index in [2.05, 4.69) is 22.1 Å². The van der Waals surface area contributed by atoms with Crippen molar-refractivity contribution in [1.29, 1.82) is 0 Å². The number of aromatic nitrogens is 1. The molecule has 1 aromatic carbocycles. The summed E-state index contributed by atoms with van der Waals surface area (Å²) in [5, 5.41) is 11.7. The van der Waals surface area contributed by atoms with Crippen LogP contribution in [0.3, 0.4) is 0 Å². The summed E-state index contributed by atoms with van der Waals surface area (Å²) in [5.41, 5.74) is 3.64. The molecule has 3 N–H and O–H groups in total. The average molecular weight is 322 g/mol. The summed E-state index contributed by atoms with van der Waals surface area (Å²) < 4.78 is 5.28. The smallest absolute Gasteiger partial charge is 0.256 e. The van der Waals surface area contributed by atoms with Crippen LogP contribution in [0.15, 0.2) is 30.5 Å². The molecule has 0 bridgehead atoms. The van der Waals surface area contributed by atoms with Gasteiger partial charge < -0.3 is 20.1 Å². The molecule has 0 fully saturated rings. The summed E-state index contributed by atoms with van der Waals surface area (Å²) in [4.78, 5) is 15.4. The number of carbonyl (C=O) groups is 1. The van der Waals surface area contributed by atoms with Gasteiger partial charge in [0.15, 0.2) is 0 Å². The van der Waals surface area contributed by atoms with E-state index in [4.69, 9.17) is 9.84 Å². The molecule has 1 amide bonds. The summed E-state index contributed by atoms with van der Waals surface area (Å²) in [6, 6.07) is 7.43. The lowest BCUT2D eigenvalue weighted by atomic mass is 9.99. The number of carbonyl (C=O) groups excluding carboxylic acids is 1. The van der Waals surface area contributed by atoms with Crippen LogP contribution in [-0.2, 0) is 4.79 Å². The highest BCUT2D eigenvalue weighted by atomic mass is 16.5. The largest absolute Gasteiger partial charge is 0.495 e. The lowest BCUT2D eigenvalue weighted by molar-refractivity contribution is -0.110. The number of ether oxygens (including phenoxy) is 1. The Morgan fingerprint density at radius 2 is 2.21 bits per heavy atom. The molecule has 5 nitrogen and oxygen atoms in total. The molecule has 1 aromatic heterocycles. The van der Waals surface area contributed by atoms with Crippen molar-refractivity contribution in [2.75, 3.05) is 19.0 Å². The second-order valence-electron chi connectivity index (χ2n) is 5.33. The fourth-order valence-electron chi connectivity index (χ4n) is 2.62. The molecule has 24 heavy (non-hydrogen) atoms. The second kappa shape index (κ2) is 7.07. The number of anilines is 1. The van der Waals surface area contributed by atoms with Gasteiger partial charge in [-0.25, -0.2) is 0 Å². The van der Waals surface area contributed by atoms with Crippen molar-refractivity contribution in [1.82, 2.24) is 4.98 Å². The fourth-order valence-corrected chi connectivity index (χ4v) is 2.62. The number of aliphatic hydroxyl groups excluding tert-OH is 1. The third kappa shape index (κ3) is 3.05. The molecule has 0 unspecified atom stereocenters. The third-order valence-corrected chi connectivity index (χ3v) is 3.76. The molecular weight excluding hydrogens is 304 g/mol. The Labute approximate surface area is 140 Å². The maximum Gasteiger partial charge on any atom is 0.256 e. The van der Waals surface area contributed by atoms with Crippen molar-refractivity contribution in [3.8, 4) is 17.6 Å². The molecular formula is C19H18N2O3. The van der Waals surface area contributed by atoms with Gasteiger partial charge in [-0.2, -0.15) is 0 Å². The first-order valence-corrected chi connectivity index (χ1v) is 7.72. The predicted octanol–water partition coefficient (Wildman–Crippen LogP) is 2.64. The van der Waals surface area contributed by atoms with E-state index in [1.165, 1.54) is 0 Å². The van der Waals surface area contributed by atoms with Crippen molar-refractivity contribution in [2.24, 2.45) is 0 Å². The zero-order chi connectivity index (χ0) is 16.9. The topological polar surface area (TPSA) is 74.4 Å². The third-order valence-electron chi connectivity index (χ3n) is 3.76. The molecule has 2 heterocycles. The van der Waals surface area contributed by atoms with Gasteiger partial charge in [-0.15, -0.1) is 0 Å². The average Bonchev–Trinajstić information content (AvgIpc) is 3.16. The summed E-state index contributed by atoms with van der Waals surface area (Å²) in [6.45, 7) is 0.124. The minimum absolute atomic E-state index is 0.124. The zero-order valence-electron chi connectivity index (χ0n) is 13.3. The summed E-state index contributed by atoms with van der Waals surface area (Å²) in [7, 11) is 1.59. The Balaban J connectivity index is 2.03. The number of benzene rings is 1. The molecule has 5 heteroatoms. The quantitative estimate of drug-likeness (QED) is 0.460. The Bertz CT molecular complexity index is 853. The SMILES string of the molecule is COc1cc[nH]c1C=C1C(=O)Nc2cccc(C#CCCCO)c21. The normalized spacial score (nSPS) is 14.1. The highest BCUT2D eigenvalue weighted by Crippen LogP contribution is 2.36. The Kier molecular flexibility index (Phi) is 4.69. The van der Waals surface area contributed by atoms with E-state index in [1.54, 1.807) is 25.4 Å². The fraction of sp³-hybridized carbons (Fsp3) is 0.211. The van der Waals surface area contributed by atoms with E-state index in [0.29, 0.717) is 24.2 Å². The van der Waals surface area contributed by atoms with Gasteiger partial charge in [-0.3, -0.25) is 4.79 Å². The van der Waals surface area contributed by atoms with Crippen LogP contribution in [0.5, 0.6) is 5.75 Å². The number of methoxy groups -OCH3 is 1. The van der Waals surface area contributed by atoms with Gasteiger partial charge in [0.1, 0.15) is 5.75 Å². The summed E-state index contributed by atoms with van der Waals surface area (Å²) >= 11 is 0. The first kappa shape index (κ1) is 15.9. The van der Waals surface area contributed by atoms with Gasteiger partial charge in [-0.05, 0) is 30.7 Å². The number of unbranched alkanes of at least 4 members (excludes halogenated alkanes) is 1. The Morgan fingerprint density at radius 1 is 1.33 bits per heavy atom. The number of aliphatic hydroxyl groups is 1. The number of rotatable bonds is 4. The van der Waals surface area contributed by atoms with E-state index in [-0.39, 0.29) is 12.5 Å². The van der Waals surface area contributed by atoms with Crippen LogP contribution < -0.4 is 10.1 Å². The molecule has 0 atom stereocenters. The van der Waals surface area contributed by atoms with E-state index in [1.807, 2.05) is 18.2 Å². The highest BCUT2D eigenvalue weighted by molar-refractivity contribution is 6.35. The van der Waals surface area contributed by atoms with Crippen molar-refractivity contribution in [2.45, 2.75) is 12.8 Å². The van der Waals surface area contributed by atoms with Gasteiger partial charge in [0.05, 0.1) is 24.1 Å². The minimum atomic E-state index is -0.161. The molecule has 0 aliphatic carbocycles. The predicted molar refractivity (Wildman–Crippen MR) is 93.5 cm³/mol.